The van der Waals surface area contributed by atoms with Crippen LogP contribution in [0.1, 0.15) is 24.3 Å². The van der Waals surface area contributed by atoms with Crippen LogP contribution in [-0.4, -0.2) is 63.7 Å². The lowest BCUT2D eigenvalue weighted by Crippen LogP contribution is -2.65. The van der Waals surface area contributed by atoms with Gasteiger partial charge in [-0.15, -0.1) is 0 Å². The van der Waals surface area contributed by atoms with Crippen molar-refractivity contribution < 1.29 is 37.1 Å². The van der Waals surface area contributed by atoms with E-state index in [-0.39, 0.29) is 11.7 Å². The second kappa shape index (κ2) is 9.00. The maximum absolute atomic E-state index is 10.6. The van der Waals surface area contributed by atoms with Crippen molar-refractivity contribution in [3.05, 3.63) is 41.9 Å². The molecule has 30 heavy (non-hydrogen) atoms. The molecule has 164 valence electrons. The third-order valence-corrected chi connectivity index (χ3v) is 4.70. The normalized spacial score (nSPS) is 20.7. The minimum absolute atomic E-state index is 0.0729. The second-order valence-corrected chi connectivity index (χ2v) is 7.31. The summed E-state index contributed by atoms with van der Waals surface area (Å²) >= 11 is 0. The van der Waals surface area contributed by atoms with Crippen molar-refractivity contribution in [2.75, 3.05) is 19.7 Å². The molecule has 1 atom stereocenters. The molecular weight excluding hydrogens is 407 g/mol. The molecule has 2 aliphatic heterocycles. The van der Waals surface area contributed by atoms with E-state index in [9.17, 15) is 13.2 Å². The number of likely N-dealkylation sites (tertiary alicyclic amines) is 1. The molecule has 1 unspecified atom stereocenters. The number of nitrogens with zero attached hydrogens (tertiary/aromatic N) is 3. The average molecular weight is 429 g/mol. The molecular formula is C19H22F3N3O5. The Balaban J connectivity index is 0.000000318. The van der Waals surface area contributed by atoms with Crippen molar-refractivity contribution in [1.29, 1.82) is 0 Å². The molecule has 2 fully saturated rings. The van der Waals surface area contributed by atoms with Gasteiger partial charge in [0.1, 0.15) is 11.9 Å². The molecule has 2 aromatic rings. The highest BCUT2D eigenvalue weighted by Crippen LogP contribution is 2.36. The minimum atomic E-state index is -5.08. The zero-order valence-electron chi connectivity index (χ0n) is 16.3. The molecule has 0 aromatic carbocycles. The molecule has 0 amide bonds. The van der Waals surface area contributed by atoms with Crippen LogP contribution >= 0.6 is 0 Å². The fourth-order valence-corrected chi connectivity index (χ4v) is 3.49. The molecule has 1 spiro atoms. The number of carboxylic acid groups (broad SMARTS) is 1. The lowest BCUT2D eigenvalue weighted by Gasteiger charge is -2.52. The van der Waals surface area contributed by atoms with E-state index >= 15 is 0 Å². The number of halogens is 3. The van der Waals surface area contributed by atoms with Gasteiger partial charge in [0.25, 0.3) is 0 Å². The predicted octanol–water partition coefficient (Wildman–Crippen LogP) is 2.82. The zero-order valence-corrected chi connectivity index (χ0v) is 16.3. The standard InChI is InChI=1S/C17H21N3O3.C2HF3O2/c1-13-8-14(19-23-13)10-20-11-17(12-20)9-15(5-7-21-17)22-16-4-2-3-6-18-16;3-2(4,5)1(6)7/h2-4,6,8,15H,5,7,9-12H2,1H3;(H,6,7). The van der Waals surface area contributed by atoms with E-state index in [1.54, 1.807) is 6.20 Å². The summed E-state index contributed by atoms with van der Waals surface area (Å²) in [5, 5.41) is 11.2. The summed E-state index contributed by atoms with van der Waals surface area (Å²) in [5.74, 6) is -1.20. The molecule has 4 rings (SSSR count). The van der Waals surface area contributed by atoms with Gasteiger partial charge in [0.05, 0.1) is 17.9 Å². The summed E-state index contributed by atoms with van der Waals surface area (Å²) in [6.45, 7) is 5.31. The molecule has 2 aromatic heterocycles. The number of alkyl halides is 3. The highest BCUT2D eigenvalue weighted by Gasteiger charge is 2.48. The van der Waals surface area contributed by atoms with E-state index in [1.165, 1.54) is 0 Å². The minimum Gasteiger partial charge on any atom is -0.475 e. The van der Waals surface area contributed by atoms with Gasteiger partial charge in [-0.2, -0.15) is 13.2 Å². The first kappa shape index (κ1) is 22.0. The van der Waals surface area contributed by atoms with E-state index in [2.05, 4.69) is 15.0 Å². The summed E-state index contributed by atoms with van der Waals surface area (Å²) in [6.07, 6.45) is -1.32. The molecule has 0 saturated carbocycles. The molecule has 8 nitrogen and oxygen atoms in total. The Labute approximate surface area is 170 Å². The van der Waals surface area contributed by atoms with Gasteiger partial charge >= 0.3 is 12.1 Å². The summed E-state index contributed by atoms with van der Waals surface area (Å²) < 4.78 is 48.9. The van der Waals surface area contributed by atoms with Gasteiger partial charge in [-0.25, -0.2) is 9.78 Å². The van der Waals surface area contributed by atoms with Crippen LogP contribution in [0.5, 0.6) is 5.88 Å². The number of rotatable bonds is 4. The van der Waals surface area contributed by atoms with Crippen LogP contribution < -0.4 is 4.74 Å². The highest BCUT2D eigenvalue weighted by molar-refractivity contribution is 5.73. The Morgan fingerprint density at radius 3 is 2.70 bits per heavy atom. The predicted molar refractivity (Wildman–Crippen MR) is 96.8 cm³/mol. The molecule has 0 aliphatic carbocycles. The molecule has 0 bridgehead atoms. The maximum Gasteiger partial charge on any atom is 0.490 e. The van der Waals surface area contributed by atoms with E-state index in [0.29, 0.717) is 5.88 Å². The van der Waals surface area contributed by atoms with E-state index < -0.39 is 12.1 Å². The summed E-state index contributed by atoms with van der Waals surface area (Å²) in [7, 11) is 0. The van der Waals surface area contributed by atoms with Crippen LogP contribution in [0.15, 0.2) is 35.0 Å². The summed E-state index contributed by atoms with van der Waals surface area (Å²) in [6, 6.07) is 7.73. The van der Waals surface area contributed by atoms with Crippen LogP contribution in [0.4, 0.5) is 13.2 Å². The fraction of sp³-hybridized carbons (Fsp3) is 0.526. The van der Waals surface area contributed by atoms with Gasteiger partial charge in [-0.1, -0.05) is 11.2 Å². The Bertz CT molecular complexity index is 837. The highest BCUT2D eigenvalue weighted by atomic mass is 19.4. The van der Waals surface area contributed by atoms with E-state index in [4.69, 9.17) is 23.9 Å². The Kier molecular flexibility index (Phi) is 6.61. The number of ether oxygens (including phenoxy) is 2. The number of aliphatic carboxylic acids is 1. The second-order valence-electron chi connectivity index (χ2n) is 7.31. The van der Waals surface area contributed by atoms with Crippen LogP contribution in [-0.2, 0) is 16.1 Å². The summed E-state index contributed by atoms with van der Waals surface area (Å²) in [5.41, 5.74) is 0.908. The largest absolute Gasteiger partial charge is 0.490 e. The molecule has 4 heterocycles. The van der Waals surface area contributed by atoms with Gasteiger partial charge < -0.3 is 19.1 Å². The molecule has 2 saturated heterocycles. The van der Waals surface area contributed by atoms with Crippen LogP contribution in [0.25, 0.3) is 0 Å². The van der Waals surface area contributed by atoms with Crippen molar-refractivity contribution in [3.8, 4) is 5.88 Å². The third kappa shape index (κ3) is 5.92. The summed E-state index contributed by atoms with van der Waals surface area (Å²) in [4.78, 5) is 15.5. The first-order chi connectivity index (χ1) is 14.2. The van der Waals surface area contributed by atoms with Crippen molar-refractivity contribution in [2.24, 2.45) is 0 Å². The fourth-order valence-electron chi connectivity index (χ4n) is 3.49. The SMILES string of the molecule is Cc1cc(CN2CC3(CC(Oc4ccccn4)CCO3)C2)no1.O=C(O)C(F)(F)F. The number of aryl methyl sites for hydroxylation is 1. The van der Waals surface area contributed by atoms with E-state index in [1.807, 2.05) is 31.2 Å². The first-order valence-corrected chi connectivity index (χ1v) is 9.31. The Morgan fingerprint density at radius 1 is 1.40 bits per heavy atom. The van der Waals surface area contributed by atoms with Gasteiger partial charge in [0, 0.05) is 50.8 Å². The van der Waals surface area contributed by atoms with Crippen LogP contribution in [0.2, 0.25) is 0 Å². The molecule has 11 heteroatoms. The van der Waals surface area contributed by atoms with Crippen molar-refractivity contribution in [3.63, 3.8) is 0 Å². The van der Waals surface area contributed by atoms with E-state index in [0.717, 1.165) is 50.5 Å². The van der Waals surface area contributed by atoms with Gasteiger partial charge in [-0.3, -0.25) is 4.90 Å². The number of aromatic nitrogens is 2. The van der Waals surface area contributed by atoms with Gasteiger partial charge in [-0.05, 0) is 13.0 Å². The third-order valence-electron chi connectivity index (χ3n) is 4.70. The Morgan fingerprint density at radius 2 is 2.13 bits per heavy atom. The van der Waals surface area contributed by atoms with Gasteiger partial charge in [0.15, 0.2) is 0 Å². The lowest BCUT2D eigenvalue weighted by atomic mass is 9.84. The van der Waals surface area contributed by atoms with Crippen molar-refractivity contribution >= 4 is 5.97 Å². The van der Waals surface area contributed by atoms with Gasteiger partial charge in [0.2, 0.25) is 5.88 Å². The smallest absolute Gasteiger partial charge is 0.475 e. The molecule has 0 radical (unpaired) electrons. The molecule has 1 N–H and O–H groups in total. The number of pyridine rings is 1. The number of carboxylic acids is 1. The average Bonchev–Trinajstić information content (AvgIpc) is 3.06. The number of hydrogen-bond acceptors (Lipinski definition) is 7. The molecule has 2 aliphatic rings. The van der Waals surface area contributed by atoms with Crippen LogP contribution in [0, 0.1) is 6.92 Å². The monoisotopic (exact) mass is 429 g/mol. The quantitative estimate of drug-likeness (QED) is 0.793. The van der Waals surface area contributed by atoms with Crippen molar-refractivity contribution in [2.45, 2.75) is 44.2 Å². The van der Waals surface area contributed by atoms with Crippen LogP contribution in [0.3, 0.4) is 0 Å². The number of carbonyl (C=O) groups is 1. The Hall–Kier alpha value is -2.66. The zero-order chi connectivity index (χ0) is 21.8. The topological polar surface area (TPSA) is 97.9 Å². The van der Waals surface area contributed by atoms with Crippen molar-refractivity contribution in [1.82, 2.24) is 15.0 Å². The first-order valence-electron chi connectivity index (χ1n) is 9.31. The number of hydrogen-bond donors (Lipinski definition) is 1. The maximum atomic E-state index is 10.6. The lowest BCUT2D eigenvalue weighted by molar-refractivity contribution is -0.192.